The minimum absolute atomic E-state index is 0.0323. The summed E-state index contributed by atoms with van der Waals surface area (Å²) in [5, 5.41) is 22.2. The van der Waals surface area contributed by atoms with Crippen LogP contribution in [0.25, 0.3) is 6.08 Å². The number of hydrogen-bond acceptors (Lipinski definition) is 4. The van der Waals surface area contributed by atoms with Crippen LogP contribution in [0.3, 0.4) is 0 Å². The van der Waals surface area contributed by atoms with Crippen molar-refractivity contribution in [3.63, 3.8) is 0 Å². The fraction of sp³-hybridized carbons (Fsp3) is 0. The van der Waals surface area contributed by atoms with Gasteiger partial charge in [-0.05, 0) is 35.9 Å². The fourth-order valence-corrected chi connectivity index (χ4v) is 1.98. The van der Waals surface area contributed by atoms with Gasteiger partial charge in [0.2, 0.25) is 5.91 Å². The molecule has 0 bridgehead atoms. The van der Waals surface area contributed by atoms with Crippen molar-refractivity contribution in [2.45, 2.75) is 0 Å². The zero-order valence-electron chi connectivity index (χ0n) is 11.7. The zero-order chi connectivity index (χ0) is 16.8. The van der Waals surface area contributed by atoms with Gasteiger partial charge >= 0.3 is 0 Å². The van der Waals surface area contributed by atoms with Gasteiger partial charge in [0.05, 0.1) is 16.6 Å². The number of halogens is 1. The van der Waals surface area contributed by atoms with Crippen LogP contribution in [0.2, 0.25) is 5.02 Å². The molecule has 1 N–H and O–H groups in total. The van der Waals surface area contributed by atoms with Crippen LogP contribution >= 0.6 is 11.6 Å². The highest BCUT2D eigenvalue weighted by Crippen LogP contribution is 2.25. The van der Waals surface area contributed by atoms with Crippen LogP contribution in [0.5, 0.6) is 0 Å². The number of nitrogens with zero attached hydrogens (tertiary/aromatic N) is 2. The maximum atomic E-state index is 11.8. The van der Waals surface area contributed by atoms with E-state index >= 15 is 0 Å². The Bertz CT molecular complexity index is 841. The molecular weight excluding hydrogens is 318 g/mol. The molecule has 0 saturated carbocycles. The topological polar surface area (TPSA) is 96.0 Å². The third-order valence-electron chi connectivity index (χ3n) is 2.85. The van der Waals surface area contributed by atoms with Crippen LogP contribution in [0.4, 0.5) is 11.4 Å². The van der Waals surface area contributed by atoms with Gasteiger partial charge in [0.15, 0.2) is 0 Å². The lowest BCUT2D eigenvalue weighted by Crippen LogP contribution is -2.07. The van der Waals surface area contributed by atoms with Gasteiger partial charge in [-0.15, -0.1) is 0 Å². The van der Waals surface area contributed by atoms with Crippen molar-refractivity contribution in [2.75, 3.05) is 5.32 Å². The second-order valence-corrected chi connectivity index (χ2v) is 4.89. The summed E-state index contributed by atoms with van der Waals surface area (Å²) in [6.07, 6.45) is 2.68. The van der Waals surface area contributed by atoms with Crippen molar-refractivity contribution in [3.05, 3.63) is 74.8 Å². The Balaban J connectivity index is 2.11. The molecule has 1 amide bonds. The standard InChI is InChI=1S/C16H10ClN3O3/c17-14-6-4-11(9-15(14)20(22)23)5-7-16(21)19-13-3-1-2-12(8-13)10-18/h1-9H,(H,19,21)/b7-5+. The number of amides is 1. The largest absolute Gasteiger partial charge is 0.322 e. The van der Waals surface area contributed by atoms with Gasteiger partial charge in [-0.25, -0.2) is 0 Å². The van der Waals surface area contributed by atoms with Crippen molar-refractivity contribution in [3.8, 4) is 6.07 Å². The number of nitro benzene ring substituents is 1. The first-order chi connectivity index (χ1) is 11.0. The van der Waals surface area contributed by atoms with Crippen LogP contribution in [0, 0.1) is 21.4 Å². The monoisotopic (exact) mass is 327 g/mol. The minimum atomic E-state index is -0.590. The second-order valence-electron chi connectivity index (χ2n) is 4.48. The fourth-order valence-electron chi connectivity index (χ4n) is 1.80. The van der Waals surface area contributed by atoms with E-state index in [1.807, 2.05) is 6.07 Å². The molecule has 7 heteroatoms. The molecule has 2 rings (SSSR count). The van der Waals surface area contributed by atoms with Crippen molar-refractivity contribution in [2.24, 2.45) is 0 Å². The van der Waals surface area contributed by atoms with E-state index in [0.29, 0.717) is 16.8 Å². The Kier molecular flexibility index (Phi) is 5.07. The molecule has 0 aliphatic rings. The molecular formula is C16H10ClN3O3. The molecule has 0 spiro atoms. The minimum Gasteiger partial charge on any atom is -0.322 e. The van der Waals surface area contributed by atoms with E-state index in [4.69, 9.17) is 16.9 Å². The smallest absolute Gasteiger partial charge is 0.288 e. The molecule has 0 heterocycles. The number of carbonyl (C=O) groups is 1. The van der Waals surface area contributed by atoms with E-state index in [1.165, 1.54) is 24.3 Å². The number of nitrogens with one attached hydrogen (secondary N) is 1. The van der Waals surface area contributed by atoms with Crippen LogP contribution in [0.15, 0.2) is 48.5 Å². The molecule has 6 nitrogen and oxygen atoms in total. The maximum absolute atomic E-state index is 11.8. The summed E-state index contributed by atoms with van der Waals surface area (Å²) in [7, 11) is 0. The first-order valence-electron chi connectivity index (χ1n) is 6.43. The number of nitro groups is 1. The second kappa shape index (κ2) is 7.20. The molecule has 23 heavy (non-hydrogen) atoms. The SMILES string of the molecule is N#Cc1cccc(NC(=O)/C=C/c2ccc(Cl)c([N+](=O)[O-])c2)c1. The van der Waals surface area contributed by atoms with E-state index in [9.17, 15) is 14.9 Å². The Labute approximate surface area is 136 Å². The van der Waals surface area contributed by atoms with Gasteiger partial charge in [0.1, 0.15) is 5.02 Å². The van der Waals surface area contributed by atoms with Crippen molar-refractivity contribution in [1.82, 2.24) is 0 Å². The molecule has 0 atom stereocenters. The number of carbonyl (C=O) groups excluding carboxylic acids is 1. The van der Waals surface area contributed by atoms with E-state index in [-0.39, 0.29) is 10.7 Å². The summed E-state index contributed by atoms with van der Waals surface area (Å²) in [5.74, 6) is -0.419. The summed E-state index contributed by atoms with van der Waals surface area (Å²) in [5.41, 5.74) is 1.17. The predicted molar refractivity (Wildman–Crippen MR) is 86.9 cm³/mol. The van der Waals surface area contributed by atoms with E-state index in [0.717, 1.165) is 0 Å². The zero-order valence-corrected chi connectivity index (χ0v) is 12.4. The van der Waals surface area contributed by atoms with Gasteiger partial charge in [0, 0.05) is 17.8 Å². The molecule has 0 aliphatic heterocycles. The molecule has 114 valence electrons. The third-order valence-corrected chi connectivity index (χ3v) is 3.17. The Morgan fingerprint density at radius 2 is 2.09 bits per heavy atom. The highest BCUT2D eigenvalue weighted by molar-refractivity contribution is 6.32. The third kappa shape index (κ3) is 4.40. The lowest BCUT2D eigenvalue weighted by molar-refractivity contribution is -0.384. The molecule has 0 unspecified atom stereocenters. The molecule has 0 aliphatic carbocycles. The van der Waals surface area contributed by atoms with Crippen molar-refractivity contribution < 1.29 is 9.72 Å². The van der Waals surface area contributed by atoms with Gasteiger partial charge < -0.3 is 5.32 Å². The van der Waals surface area contributed by atoms with Crippen molar-refractivity contribution in [1.29, 1.82) is 5.26 Å². The van der Waals surface area contributed by atoms with Gasteiger partial charge in [0.25, 0.3) is 5.69 Å². The predicted octanol–water partition coefficient (Wildman–Crippen LogP) is 3.77. The van der Waals surface area contributed by atoms with Crippen LogP contribution in [-0.2, 0) is 4.79 Å². The number of benzene rings is 2. The van der Waals surface area contributed by atoms with Gasteiger partial charge in [-0.2, -0.15) is 5.26 Å². The average molecular weight is 328 g/mol. The van der Waals surface area contributed by atoms with Crippen molar-refractivity contribution >= 4 is 35.0 Å². The molecule has 0 radical (unpaired) electrons. The van der Waals surface area contributed by atoms with E-state index in [1.54, 1.807) is 30.3 Å². The number of hydrogen-bond donors (Lipinski definition) is 1. The summed E-state index contributed by atoms with van der Waals surface area (Å²) < 4.78 is 0. The molecule has 0 saturated heterocycles. The Morgan fingerprint density at radius 1 is 1.30 bits per heavy atom. The lowest BCUT2D eigenvalue weighted by atomic mass is 10.2. The van der Waals surface area contributed by atoms with E-state index < -0.39 is 10.8 Å². The van der Waals surface area contributed by atoms with Gasteiger partial charge in [-0.3, -0.25) is 14.9 Å². The first kappa shape index (κ1) is 16.2. The average Bonchev–Trinajstić information content (AvgIpc) is 2.54. The van der Waals surface area contributed by atoms with E-state index in [2.05, 4.69) is 5.32 Å². The normalized spacial score (nSPS) is 10.3. The summed E-state index contributed by atoms with van der Waals surface area (Å²) in [6.45, 7) is 0. The first-order valence-corrected chi connectivity index (χ1v) is 6.80. The Hall–Kier alpha value is -3.17. The molecule has 2 aromatic carbocycles. The summed E-state index contributed by atoms with van der Waals surface area (Å²) >= 11 is 5.72. The summed E-state index contributed by atoms with van der Waals surface area (Å²) in [4.78, 5) is 22.0. The highest BCUT2D eigenvalue weighted by Gasteiger charge is 2.11. The van der Waals surface area contributed by atoms with Crippen LogP contribution in [-0.4, -0.2) is 10.8 Å². The molecule has 2 aromatic rings. The number of rotatable bonds is 4. The highest BCUT2D eigenvalue weighted by atomic mass is 35.5. The Morgan fingerprint density at radius 3 is 2.78 bits per heavy atom. The summed E-state index contributed by atoms with van der Waals surface area (Å²) in [6, 6.07) is 12.7. The maximum Gasteiger partial charge on any atom is 0.288 e. The lowest BCUT2D eigenvalue weighted by Gasteiger charge is -2.02. The van der Waals surface area contributed by atoms with Crippen LogP contribution in [0.1, 0.15) is 11.1 Å². The molecule has 0 aromatic heterocycles. The van der Waals surface area contributed by atoms with Crippen LogP contribution < -0.4 is 5.32 Å². The van der Waals surface area contributed by atoms with Gasteiger partial charge in [-0.1, -0.05) is 23.7 Å². The quantitative estimate of drug-likeness (QED) is 0.525. The molecule has 0 fully saturated rings. The number of nitriles is 1. The number of anilines is 1.